The summed E-state index contributed by atoms with van der Waals surface area (Å²) in [4.78, 5) is 12.9. The molecular formula is C8H16N2O2. The summed E-state index contributed by atoms with van der Waals surface area (Å²) in [5.74, 6) is 0. The predicted octanol–water partition coefficient (Wildman–Crippen LogP) is 0.435. The number of nitrogens with one attached hydrogen (secondary N) is 1. The molecule has 0 aliphatic carbocycles. The Balaban J connectivity index is 2.44. The average molecular weight is 172 g/mol. The van der Waals surface area contributed by atoms with Crippen LogP contribution in [0.5, 0.6) is 0 Å². The lowest BCUT2D eigenvalue weighted by Gasteiger charge is -2.21. The van der Waals surface area contributed by atoms with Gasteiger partial charge in [0.05, 0.1) is 6.04 Å². The highest BCUT2D eigenvalue weighted by molar-refractivity contribution is 5.70. The van der Waals surface area contributed by atoms with Crippen molar-refractivity contribution in [1.82, 2.24) is 10.2 Å². The molecule has 1 N–H and O–H groups in total. The predicted molar refractivity (Wildman–Crippen MR) is 46.0 cm³/mol. The van der Waals surface area contributed by atoms with E-state index in [-0.39, 0.29) is 12.1 Å². The molecule has 2 unspecified atom stereocenters. The summed E-state index contributed by atoms with van der Waals surface area (Å²) < 4.78 is 4.88. The van der Waals surface area contributed by atoms with Gasteiger partial charge in [-0.3, -0.25) is 0 Å². The third-order valence-corrected chi connectivity index (χ3v) is 2.18. The van der Waals surface area contributed by atoms with Crippen LogP contribution in [0.25, 0.3) is 0 Å². The minimum Gasteiger partial charge on any atom is -0.447 e. The fourth-order valence-electron chi connectivity index (χ4n) is 1.19. The van der Waals surface area contributed by atoms with Crippen molar-refractivity contribution < 1.29 is 9.53 Å². The molecule has 0 radical (unpaired) electrons. The van der Waals surface area contributed by atoms with Gasteiger partial charge in [-0.05, 0) is 20.9 Å². The van der Waals surface area contributed by atoms with E-state index in [1.807, 2.05) is 20.9 Å². The first kappa shape index (κ1) is 9.32. The Kier molecular flexibility index (Phi) is 2.92. The van der Waals surface area contributed by atoms with E-state index in [1.165, 1.54) is 0 Å². The van der Waals surface area contributed by atoms with Crippen molar-refractivity contribution >= 4 is 6.09 Å². The molecule has 1 saturated heterocycles. The summed E-state index contributed by atoms with van der Waals surface area (Å²) in [7, 11) is 1.89. The standard InChI is InChI=1S/C8H16N2O2/c1-6(9-3)4-10-7(2)5-12-8(10)11/h6-7,9H,4-5H2,1-3H3. The summed E-state index contributed by atoms with van der Waals surface area (Å²) >= 11 is 0. The molecule has 0 aromatic rings. The van der Waals surface area contributed by atoms with Crippen molar-refractivity contribution in [2.24, 2.45) is 0 Å². The molecular weight excluding hydrogens is 156 g/mol. The van der Waals surface area contributed by atoms with E-state index in [0.717, 1.165) is 6.54 Å². The number of rotatable bonds is 3. The molecule has 1 rings (SSSR count). The third-order valence-electron chi connectivity index (χ3n) is 2.18. The smallest absolute Gasteiger partial charge is 0.410 e. The monoisotopic (exact) mass is 172 g/mol. The van der Waals surface area contributed by atoms with Crippen LogP contribution in [0.4, 0.5) is 4.79 Å². The zero-order chi connectivity index (χ0) is 9.14. The number of likely N-dealkylation sites (N-methyl/N-ethyl adjacent to an activating group) is 1. The molecule has 0 spiro atoms. The van der Waals surface area contributed by atoms with Crippen LogP contribution in [0.15, 0.2) is 0 Å². The van der Waals surface area contributed by atoms with E-state index < -0.39 is 0 Å². The molecule has 1 aliphatic heterocycles. The van der Waals surface area contributed by atoms with E-state index >= 15 is 0 Å². The molecule has 12 heavy (non-hydrogen) atoms. The van der Waals surface area contributed by atoms with E-state index in [4.69, 9.17) is 4.74 Å². The minimum atomic E-state index is -0.190. The van der Waals surface area contributed by atoms with E-state index in [0.29, 0.717) is 12.6 Å². The minimum absolute atomic E-state index is 0.190. The molecule has 1 fully saturated rings. The normalized spacial score (nSPS) is 25.8. The third kappa shape index (κ3) is 1.88. The Morgan fingerprint density at radius 2 is 2.50 bits per heavy atom. The van der Waals surface area contributed by atoms with Crippen LogP contribution in [-0.4, -0.2) is 43.3 Å². The molecule has 4 heteroatoms. The van der Waals surface area contributed by atoms with Crippen molar-refractivity contribution in [3.8, 4) is 0 Å². The van der Waals surface area contributed by atoms with Gasteiger partial charge in [-0.1, -0.05) is 0 Å². The van der Waals surface area contributed by atoms with Crippen LogP contribution in [0, 0.1) is 0 Å². The van der Waals surface area contributed by atoms with Gasteiger partial charge in [0.15, 0.2) is 0 Å². The Hall–Kier alpha value is -0.770. The molecule has 1 amide bonds. The lowest BCUT2D eigenvalue weighted by atomic mass is 10.2. The van der Waals surface area contributed by atoms with Crippen LogP contribution >= 0.6 is 0 Å². The van der Waals surface area contributed by atoms with Crippen molar-refractivity contribution in [3.05, 3.63) is 0 Å². The fourth-order valence-corrected chi connectivity index (χ4v) is 1.19. The van der Waals surface area contributed by atoms with E-state index in [9.17, 15) is 4.79 Å². The first-order chi connectivity index (χ1) is 5.65. The average Bonchev–Trinajstić information content (AvgIpc) is 2.35. The lowest BCUT2D eigenvalue weighted by molar-refractivity contribution is 0.155. The zero-order valence-corrected chi connectivity index (χ0v) is 7.83. The highest BCUT2D eigenvalue weighted by Crippen LogP contribution is 2.11. The number of cyclic esters (lactones) is 1. The summed E-state index contributed by atoms with van der Waals surface area (Å²) in [6, 6.07) is 0.534. The first-order valence-electron chi connectivity index (χ1n) is 4.25. The maximum Gasteiger partial charge on any atom is 0.410 e. The molecule has 4 nitrogen and oxygen atoms in total. The van der Waals surface area contributed by atoms with Crippen LogP contribution in [0.2, 0.25) is 0 Å². The van der Waals surface area contributed by atoms with Gasteiger partial charge in [-0.25, -0.2) is 4.79 Å². The second kappa shape index (κ2) is 3.76. The highest BCUT2D eigenvalue weighted by Gasteiger charge is 2.29. The molecule has 0 saturated carbocycles. The maximum atomic E-state index is 11.1. The summed E-state index contributed by atoms with van der Waals surface area (Å²) in [5, 5.41) is 3.08. The quantitative estimate of drug-likeness (QED) is 0.671. The second-order valence-electron chi connectivity index (χ2n) is 3.27. The number of hydrogen-bond acceptors (Lipinski definition) is 3. The van der Waals surface area contributed by atoms with Gasteiger partial charge in [0.1, 0.15) is 6.61 Å². The van der Waals surface area contributed by atoms with Crippen LogP contribution in [0.3, 0.4) is 0 Å². The first-order valence-corrected chi connectivity index (χ1v) is 4.25. The Labute approximate surface area is 72.9 Å². The van der Waals surface area contributed by atoms with Crippen LogP contribution in [-0.2, 0) is 4.74 Å². The van der Waals surface area contributed by atoms with Crippen molar-refractivity contribution in [3.63, 3.8) is 0 Å². The number of carbonyl (C=O) groups is 1. The van der Waals surface area contributed by atoms with Crippen molar-refractivity contribution in [1.29, 1.82) is 0 Å². The Morgan fingerprint density at radius 1 is 1.83 bits per heavy atom. The second-order valence-corrected chi connectivity index (χ2v) is 3.27. The van der Waals surface area contributed by atoms with Gasteiger partial charge in [0, 0.05) is 12.6 Å². The zero-order valence-electron chi connectivity index (χ0n) is 7.83. The van der Waals surface area contributed by atoms with Crippen molar-refractivity contribution in [2.45, 2.75) is 25.9 Å². The molecule has 0 bridgehead atoms. The van der Waals surface area contributed by atoms with Gasteiger partial charge < -0.3 is 15.0 Å². The summed E-state index contributed by atoms with van der Waals surface area (Å²) in [6.45, 7) is 5.28. The van der Waals surface area contributed by atoms with E-state index in [2.05, 4.69) is 5.32 Å². The molecule has 2 atom stereocenters. The largest absolute Gasteiger partial charge is 0.447 e. The van der Waals surface area contributed by atoms with Crippen LogP contribution in [0.1, 0.15) is 13.8 Å². The Bertz CT molecular complexity index is 172. The van der Waals surface area contributed by atoms with Crippen LogP contribution < -0.4 is 5.32 Å². The number of hydrogen-bond donors (Lipinski definition) is 1. The number of nitrogens with zero attached hydrogens (tertiary/aromatic N) is 1. The Morgan fingerprint density at radius 3 is 2.92 bits per heavy atom. The highest BCUT2D eigenvalue weighted by atomic mass is 16.6. The number of amides is 1. The SMILES string of the molecule is CNC(C)CN1C(=O)OCC1C. The molecule has 1 heterocycles. The summed E-state index contributed by atoms with van der Waals surface area (Å²) in [5.41, 5.74) is 0. The molecule has 1 aliphatic rings. The molecule has 0 aromatic carbocycles. The van der Waals surface area contributed by atoms with Gasteiger partial charge in [0.2, 0.25) is 0 Å². The topological polar surface area (TPSA) is 41.6 Å². The van der Waals surface area contributed by atoms with E-state index in [1.54, 1.807) is 4.90 Å². The summed E-state index contributed by atoms with van der Waals surface area (Å²) in [6.07, 6.45) is -0.190. The maximum absolute atomic E-state index is 11.1. The molecule has 70 valence electrons. The van der Waals surface area contributed by atoms with Gasteiger partial charge in [0.25, 0.3) is 0 Å². The lowest BCUT2D eigenvalue weighted by Crippen LogP contribution is -2.41. The fraction of sp³-hybridized carbons (Fsp3) is 0.875. The number of carbonyl (C=O) groups excluding carboxylic acids is 1. The molecule has 0 aromatic heterocycles. The number of ether oxygens (including phenoxy) is 1. The van der Waals surface area contributed by atoms with Gasteiger partial charge >= 0.3 is 6.09 Å². The van der Waals surface area contributed by atoms with Gasteiger partial charge in [-0.15, -0.1) is 0 Å². The van der Waals surface area contributed by atoms with Crippen molar-refractivity contribution in [2.75, 3.05) is 20.2 Å². The van der Waals surface area contributed by atoms with Gasteiger partial charge in [-0.2, -0.15) is 0 Å².